The highest BCUT2D eigenvalue weighted by atomic mass is 32.1. The zero-order chi connectivity index (χ0) is 21.8. The van der Waals surface area contributed by atoms with Crippen LogP contribution in [0, 0.1) is 12.3 Å². The molecule has 0 amide bonds. The van der Waals surface area contributed by atoms with Gasteiger partial charge in [-0.2, -0.15) is 0 Å². The van der Waals surface area contributed by atoms with Crippen LogP contribution in [0.2, 0.25) is 0 Å². The molecule has 0 aliphatic carbocycles. The van der Waals surface area contributed by atoms with E-state index >= 15 is 0 Å². The van der Waals surface area contributed by atoms with Crippen molar-refractivity contribution in [3.8, 4) is 0 Å². The molecule has 1 heterocycles. The summed E-state index contributed by atoms with van der Waals surface area (Å²) < 4.78 is 0. The van der Waals surface area contributed by atoms with Crippen molar-refractivity contribution >= 4 is 28.1 Å². The molecule has 0 atom stereocenters. The van der Waals surface area contributed by atoms with E-state index in [9.17, 15) is 9.90 Å². The maximum Gasteiger partial charge on any atom is 0.356 e. The average molecular weight is 428 g/mol. The minimum absolute atomic E-state index is 0.183. The molecule has 0 saturated carbocycles. The van der Waals surface area contributed by atoms with Gasteiger partial charge in [0.05, 0.1) is 0 Å². The molecule has 154 valence electrons. The van der Waals surface area contributed by atoms with Crippen molar-refractivity contribution in [2.75, 3.05) is 5.32 Å². The Bertz CT molecular complexity index is 1110. The van der Waals surface area contributed by atoms with Gasteiger partial charge in [0.1, 0.15) is 11.2 Å². The molecule has 0 bridgehead atoms. The van der Waals surface area contributed by atoms with Crippen molar-refractivity contribution in [3.05, 3.63) is 118 Å². The lowest BCUT2D eigenvalue weighted by molar-refractivity contribution is -0.129. The number of hydrogen-bond acceptors (Lipinski definition) is 5. The van der Waals surface area contributed by atoms with Gasteiger partial charge in [-0.1, -0.05) is 91.0 Å². The van der Waals surface area contributed by atoms with Gasteiger partial charge in [0.15, 0.2) is 10.8 Å². The lowest BCUT2D eigenvalue weighted by atomic mass is 9.77. The van der Waals surface area contributed by atoms with Gasteiger partial charge in [0.25, 0.3) is 0 Å². The highest BCUT2D eigenvalue weighted by Crippen LogP contribution is 2.41. The average Bonchev–Trinajstić information content (AvgIpc) is 3.18. The van der Waals surface area contributed by atoms with E-state index in [1.54, 1.807) is 6.92 Å². The molecule has 3 N–H and O–H groups in total. The number of carboxylic acid groups (broad SMARTS) is 1. The van der Waals surface area contributed by atoms with Crippen molar-refractivity contribution < 1.29 is 9.90 Å². The molecule has 0 saturated heterocycles. The summed E-state index contributed by atoms with van der Waals surface area (Å²) in [6.07, 6.45) is 0. The Morgan fingerprint density at radius 3 is 1.68 bits per heavy atom. The second-order valence-corrected chi connectivity index (χ2v) is 8.28. The van der Waals surface area contributed by atoms with E-state index in [0.717, 1.165) is 16.7 Å². The van der Waals surface area contributed by atoms with Crippen molar-refractivity contribution in [1.82, 2.24) is 4.98 Å². The van der Waals surface area contributed by atoms with Gasteiger partial charge in [-0.25, -0.2) is 9.78 Å². The first kappa shape index (κ1) is 20.5. The molecular weight excluding hydrogens is 406 g/mol. The number of hydrogen-bond donors (Lipinski definition) is 3. The Morgan fingerprint density at radius 2 is 1.29 bits per heavy atom. The van der Waals surface area contributed by atoms with E-state index in [1.807, 2.05) is 54.6 Å². The summed E-state index contributed by atoms with van der Waals surface area (Å²) in [5.41, 5.74) is 1.99. The molecule has 0 spiro atoms. The maximum absolute atomic E-state index is 11.3. The normalized spacial score (nSPS) is 11.1. The second-order valence-electron chi connectivity index (χ2n) is 7.08. The Kier molecular flexibility index (Phi) is 5.64. The molecule has 0 unspecified atom stereocenters. The number of aromatic nitrogens is 1. The fourth-order valence-corrected chi connectivity index (χ4v) is 4.60. The highest BCUT2D eigenvalue weighted by Gasteiger charge is 2.37. The molecule has 6 heteroatoms. The lowest BCUT2D eigenvalue weighted by Gasteiger charge is -2.36. The molecule has 4 rings (SSSR count). The Hall–Kier alpha value is -3.77. The van der Waals surface area contributed by atoms with E-state index < -0.39 is 17.2 Å². The predicted molar refractivity (Wildman–Crippen MR) is 124 cm³/mol. The van der Waals surface area contributed by atoms with E-state index in [-0.39, 0.29) is 5.69 Å². The number of aryl methyl sites for hydroxylation is 1. The van der Waals surface area contributed by atoms with Gasteiger partial charge >= 0.3 is 5.97 Å². The largest absolute Gasteiger partial charge is 0.476 e. The number of thiazole rings is 1. The predicted octanol–water partition coefficient (Wildman–Crippen LogP) is 5.31. The third-order valence-corrected chi connectivity index (χ3v) is 6.05. The molecule has 0 aliphatic heterocycles. The van der Waals surface area contributed by atoms with Crippen LogP contribution in [0.3, 0.4) is 0 Å². The topological polar surface area (TPSA) is 86.1 Å². The number of rotatable bonds is 7. The number of aliphatic carboxylic acids is 1. The molecule has 5 nitrogen and oxygen atoms in total. The lowest BCUT2D eigenvalue weighted by Crippen LogP contribution is -2.38. The van der Waals surface area contributed by atoms with E-state index in [0.29, 0.717) is 10.0 Å². The van der Waals surface area contributed by atoms with Crippen LogP contribution < -0.4 is 5.32 Å². The van der Waals surface area contributed by atoms with Crippen LogP contribution in [-0.4, -0.2) is 21.8 Å². The first-order chi connectivity index (χ1) is 15.0. The minimum Gasteiger partial charge on any atom is -0.476 e. The smallest absolute Gasteiger partial charge is 0.356 e. The number of nitrogens with one attached hydrogen (secondary N) is 2. The van der Waals surface area contributed by atoms with Crippen molar-refractivity contribution in [2.24, 2.45) is 0 Å². The fourth-order valence-electron chi connectivity index (χ4n) is 3.72. The standard InChI is InChI=1S/C25H21N3O2S/c1-17-22(21(26)23(29)30)27-24(31-17)28-25(18-11-5-2-6-12-18,19-13-7-3-8-14-19)20-15-9-4-10-16-20/h2-16,26H,1H3,(H,27,28)(H,29,30). The zero-order valence-electron chi connectivity index (χ0n) is 16.9. The molecule has 3 aromatic carbocycles. The van der Waals surface area contributed by atoms with Crippen molar-refractivity contribution in [3.63, 3.8) is 0 Å². The summed E-state index contributed by atoms with van der Waals surface area (Å²) >= 11 is 1.34. The van der Waals surface area contributed by atoms with Gasteiger partial charge in [-0.15, -0.1) is 11.3 Å². The van der Waals surface area contributed by atoms with Gasteiger partial charge < -0.3 is 10.4 Å². The Morgan fingerprint density at radius 1 is 0.871 bits per heavy atom. The molecule has 31 heavy (non-hydrogen) atoms. The van der Waals surface area contributed by atoms with Crippen LogP contribution >= 0.6 is 11.3 Å². The fraction of sp³-hybridized carbons (Fsp3) is 0.0800. The molecule has 0 aliphatic rings. The SMILES string of the molecule is Cc1sc(NC(c2ccccc2)(c2ccccc2)c2ccccc2)nc1C(=N)C(=O)O. The summed E-state index contributed by atoms with van der Waals surface area (Å²) in [6.45, 7) is 1.78. The number of anilines is 1. The molecule has 4 aromatic rings. The molecule has 1 aromatic heterocycles. The van der Waals surface area contributed by atoms with Gasteiger partial charge in [-0.05, 0) is 23.6 Å². The molecule has 0 fully saturated rings. The first-order valence-electron chi connectivity index (χ1n) is 9.77. The summed E-state index contributed by atoms with van der Waals surface area (Å²) in [7, 11) is 0. The second kappa shape index (κ2) is 8.53. The summed E-state index contributed by atoms with van der Waals surface area (Å²) in [4.78, 5) is 16.5. The van der Waals surface area contributed by atoms with Crippen LogP contribution in [0.25, 0.3) is 0 Å². The van der Waals surface area contributed by atoms with Crippen molar-refractivity contribution in [1.29, 1.82) is 5.41 Å². The van der Waals surface area contributed by atoms with Crippen molar-refractivity contribution in [2.45, 2.75) is 12.5 Å². The van der Waals surface area contributed by atoms with Gasteiger partial charge in [0.2, 0.25) is 0 Å². The summed E-state index contributed by atoms with van der Waals surface area (Å²) in [5.74, 6) is -1.29. The van der Waals surface area contributed by atoms with E-state index in [4.69, 9.17) is 5.41 Å². The zero-order valence-corrected chi connectivity index (χ0v) is 17.7. The van der Waals surface area contributed by atoms with Crippen LogP contribution in [-0.2, 0) is 10.3 Å². The van der Waals surface area contributed by atoms with E-state index in [2.05, 4.69) is 46.7 Å². The molecule has 0 radical (unpaired) electrons. The van der Waals surface area contributed by atoms with Crippen LogP contribution in [0.5, 0.6) is 0 Å². The monoisotopic (exact) mass is 427 g/mol. The summed E-state index contributed by atoms with van der Waals surface area (Å²) in [5, 5.41) is 21.3. The van der Waals surface area contributed by atoms with Crippen LogP contribution in [0.15, 0.2) is 91.0 Å². The third-order valence-electron chi connectivity index (χ3n) is 5.16. The Labute approximate surface area is 184 Å². The van der Waals surface area contributed by atoms with Gasteiger partial charge in [-0.3, -0.25) is 5.41 Å². The molecular formula is C25H21N3O2S. The van der Waals surface area contributed by atoms with Crippen LogP contribution in [0.4, 0.5) is 5.13 Å². The maximum atomic E-state index is 11.3. The third kappa shape index (κ3) is 3.85. The number of carboxylic acids is 1. The van der Waals surface area contributed by atoms with Gasteiger partial charge in [0, 0.05) is 4.88 Å². The number of carbonyl (C=O) groups is 1. The Balaban J connectivity index is 1.94. The van der Waals surface area contributed by atoms with Crippen LogP contribution in [0.1, 0.15) is 27.3 Å². The first-order valence-corrected chi connectivity index (χ1v) is 10.6. The minimum atomic E-state index is -1.29. The number of nitrogens with zero attached hydrogens (tertiary/aromatic N) is 1. The summed E-state index contributed by atoms with van der Waals surface area (Å²) in [6, 6.07) is 30.3. The van der Waals surface area contributed by atoms with E-state index in [1.165, 1.54) is 11.3 Å². The number of benzene rings is 3. The quantitative estimate of drug-likeness (QED) is 0.276. The highest BCUT2D eigenvalue weighted by molar-refractivity contribution is 7.15.